The molecule has 0 N–H and O–H groups in total. The van der Waals surface area contributed by atoms with Crippen molar-refractivity contribution in [1.82, 2.24) is 0 Å². The Hall–Kier alpha value is -2.15. The second kappa shape index (κ2) is 8.21. The molecule has 2 aromatic rings. The first-order valence-electron chi connectivity index (χ1n) is 7.58. The lowest BCUT2D eigenvalue weighted by molar-refractivity contribution is -0.117. The molecular formula is C20H22O. The molecule has 0 aliphatic rings. The van der Waals surface area contributed by atoms with Crippen LogP contribution in [0.1, 0.15) is 43.7 Å². The van der Waals surface area contributed by atoms with Gasteiger partial charge in [-0.3, -0.25) is 0 Å². The van der Waals surface area contributed by atoms with Crippen LogP contribution in [0.15, 0.2) is 66.7 Å². The Balaban J connectivity index is 2.11. The van der Waals surface area contributed by atoms with Crippen molar-refractivity contribution in [3.8, 4) is 0 Å². The van der Waals surface area contributed by atoms with Gasteiger partial charge in [0.15, 0.2) is 0 Å². The SMILES string of the molecule is CC(=O)CCCCC=C(c1ccccc1)c1ccccc1. The summed E-state index contributed by atoms with van der Waals surface area (Å²) in [5, 5.41) is 0. The van der Waals surface area contributed by atoms with Crippen LogP contribution in [0.3, 0.4) is 0 Å². The minimum Gasteiger partial charge on any atom is -0.300 e. The van der Waals surface area contributed by atoms with E-state index >= 15 is 0 Å². The van der Waals surface area contributed by atoms with Gasteiger partial charge >= 0.3 is 0 Å². The van der Waals surface area contributed by atoms with Crippen LogP contribution in [0, 0.1) is 0 Å². The largest absolute Gasteiger partial charge is 0.300 e. The molecule has 108 valence electrons. The van der Waals surface area contributed by atoms with E-state index in [-0.39, 0.29) is 5.78 Å². The Morgan fingerprint density at radius 3 is 1.86 bits per heavy atom. The van der Waals surface area contributed by atoms with Crippen LogP contribution in [-0.2, 0) is 4.79 Å². The van der Waals surface area contributed by atoms with Crippen LogP contribution < -0.4 is 0 Å². The van der Waals surface area contributed by atoms with E-state index in [1.165, 1.54) is 16.7 Å². The third kappa shape index (κ3) is 5.03. The number of Topliss-reactive ketones (excluding diaryl/α,β-unsaturated/α-hetero) is 1. The van der Waals surface area contributed by atoms with Crippen molar-refractivity contribution in [2.24, 2.45) is 0 Å². The molecule has 0 atom stereocenters. The topological polar surface area (TPSA) is 17.1 Å². The zero-order valence-corrected chi connectivity index (χ0v) is 12.6. The number of allylic oxidation sites excluding steroid dienone is 1. The quantitative estimate of drug-likeness (QED) is 0.631. The molecule has 0 aliphatic carbocycles. The van der Waals surface area contributed by atoms with Crippen molar-refractivity contribution in [3.05, 3.63) is 77.9 Å². The number of unbranched alkanes of at least 4 members (excludes halogenated alkanes) is 2. The van der Waals surface area contributed by atoms with Gasteiger partial charge in [0.1, 0.15) is 5.78 Å². The van der Waals surface area contributed by atoms with Gasteiger partial charge in [0, 0.05) is 6.42 Å². The molecule has 1 heteroatoms. The van der Waals surface area contributed by atoms with Crippen molar-refractivity contribution < 1.29 is 4.79 Å². The van der Waals surface area contributed by atoms with Gasteiger partial charge in [0.05, 0.1) is 0 Å². The van der Waals surface area contributed by atoms with Crippen LogP contribution in [0.4, 0.5) is 0 Å². The molecule has 21 heavy (non-hydrogen) atoms. The Morgan fingerprint density at radius 1 is 0.857 bits per heavy atom. The lowest BCUT2D eigenvalue weighted by Gasteiger charge is -2.08. The summed E-state index contributed by atoms with van der Waals surface area (Å²) < 4.78 is 0. The first-order chi connectivity index (χ1) is 10.3. The highest BCUT2D eigenvalue weighted by molar-refractivity contribution is 5.79. The third-order valence-electron chi connectivity index (χ3n) is 3.50. The van der Waals surface area contributed by atoms with Gasteiger partial charge in [-0.1, -0.05) is 66.7 Å². The lowest BCUT2D eigenvalue weighted by Crippen LogP contribution is -1.90. The molecule has 0 saturated carbocycles. The maximum atomic E-state index is 11.0. The minimum atomic E-state index is 0.283. The van der Waals surface area contributed by atoms with Crippen LogP contribution in [-0.4, -0.2) is 5.78 Å². The smallest absolute Gasteiger partial charge is 0.129 e. The van der Waals surface area contributed by atoms with E-state index in [4.69, 9.17) is 0 Å². The van der Waals surface area contributed by atoms with Crippen molar-refractivity contribution in [2.45, 2.75) is 32.6 Å². The van der Waals surface area contributed by atoms with Crippen LogP contribution in [0.25, 0.3) is 5.57 Å². The average Bonchev–Trinajstić information content (AvgIpc) is 2.52. The average molecular weight is 278 g/mol. The number of carbonyl (C=O) groups excluding carboxylic acids is 1. The van der Waals surface area contributed by atoms with E-state index in [9.17, 15) is 4.79 Å². The van der Waals surface area contributed by atoms with Gasteiger partial charge in [-0.15, -0.1) is 0 Å². The molecule has 0 aromatic heterocycles. The van der Waals surface area contributed by atoms with Gasteiger partial charge in [-0.25, -0.2) is 0 Å². The number of hydrogen-bond acceptors (Lipinski definition) is 1. The number of hydrogen-bond donors (Lipinski definition) is 0. The Labute approximate surface area is 127 Å². The second-order valence-corrected chi connectivity index (χ2v) is 5.30. The number of carbonyl (C=O) groups is 1. The highest BCUT2D eigenvalue weighted by atomic mass is 16.1. The molecule has 0 spiro atoms. The summed E-state index contributed by atoms with van der Waals surface area (Å²) >= 11 is 0. The number of benzene rings is 2. The molecule has 1 nitrogen and oxygen atoms in total. The lowest BCUT2D eigenvalue weighted by atomic mass is 9.96. The first kappa shape index (κ1) is 15.2. The van der Waals surface area contributed by atoms with Crippen LogP contribution in [0.2, 0.25) is 0 Å². The summed E-state index contributed by atoms with van der Waals surface area (Å²) in [6.45, 7) is 1.66. The zero-order chi connectivity index (χ0) is 14.9. The van der Waals surface area contributed by atoms with E-state index < -0.39 is 0 Å². The highest BCUT2D eigenvalue weighted by Crippen LogP contribution is 2.24. The summed E-state index contributed by atoms with van der Waals surface area (Å²) in [6.07, 6.45) is 6.03. The first-order valence-corrected chi connectivity index (χ1v) is 7.58. The molecule has 2 rings (SSSR count). The summed E-state index contributed by atoms with van der Waals surface area (Å²) in [4.78, 5) is 11.0. The predicted molar refractivity (Wildman–Crippen MR) is 89.1 cm³/mol. The van der Waals surface area contributed by atoms with Crippen molar-refractivity contribution in [2.75, 3.05) is 0 Å². The van der Waals surface area contributed by atoms with E-state index in [0.29, 0.717) is 6.42 Å². The summed E-state index contributed by atoms with van der Waals surface area (Å²) in [5.74, 6) is 0.283. The monoisotopic (exact) mass is 278 g/mol. The van der Waals surface area contributed by atoms with E-state index in [2.05, 4.69) is 54.6 Å². The molecule has 0 heterocycles. The standard InChI is InChI=1S/C20H22O/c1-17(21)11-5-2-10-16-20(18-12-6-3-7-13-18)19-14-8-4-9-15-19/h3-4,6-9,12-16H,2,5,10-11H2,1H3. The fraction of sp³-hybridized carbons (Fsp3) is 0.250. The predicted octanol–water partition coefficient (Wildman–Crippen LogP) is 5.27. The fourth-order valence-electron chi connectivity index (χ4n) is 2.40. The van der Waals surface area contributed by atoms with Crippen LogP contribution >= 0.6 is 0 Å². The second-order valence-electron chi connectivity index (χ2n) is 5.30. The Morgan fingerprint density at radius 2 is 1.38 bits per heavy atom. The molecule has 2 aromatic carbocycles. The van der Waals surface area contributed by atoms with Crippen molar-refractivity contribution in [3.63, 3.8) is 0 Å². The number of ketones is 1. The van der Waals surface area contributed by atoms with Gasteiger partial charge in [-0.05, 0) is 42.9 Å². The molecule has 0 bridgehead atoms. The molecule has 0 aliphatic heterocycles. The van der Waals surface area contributed by atoms with E-state index in [1.807, 2.05) is 12.1 Å². The Bertz CT molecular complexity index is 540. The zero-order valence-electron chi connectivity index (χ0n) is 12.6. The summed E-state index contributed by atoms with van der Waals surface area (Å²) in [7, 11) is 0. The van der Waals surface area contributed by atoms with Gasteiger partial charge < -0.3 is 4.79 Å². The molecule has 0 unspecified atom stereocenters. The maximum absolute atomic E-state index is 11.0. The summed E-state index contributed by atoms with van der Waals surface area (Å²) in [6, 6.07) is 21.0. The third-order valence-corrected chi connectivity index (χ3v) is 3.50. The van der Waals surface area contributed by atoms with Crippen molar-refractivity contribution in [1.29, 1.82) is 0 Å². The van der Waals surface area contributed by atoms with Gasteiger partial charge in [-0.2, -0.15) is 0 Å². The van der Waals surface area contributed by atoms with E-state index in [0.717, 1.165) is 19.3 Å². The Kier molecular flexibility index (Phi) is 5.96. The fourth-order valence-corrected chi connectivity index (χ4v) is 2.40. The minimum absolute atomic E-state index is 0.283. The summed E-state index contributed by atoms with van der Waals surface area (Å²) in [5.41, 5.74) is 3.77. The van der Waals surface area contributed by atoms with Gasteiger partial charge in [0.25, 0.3) is 0 Å². The maximum Gasteiger partial charge on any atom is 0.129 e. The highest BCUT2D eigenvalue weighted by Gasteiger charge is 2.03. The van der Waals surface area contributed by atoms with E-state index in [1.54, 1.807) is 6.92 Å². The molecule has 0 radical (unpaired) electrons. The normalized spacial score (nSPS) is 10.1. The molecular weight excluding hydrogens is 256 g/mol. The molecule has 0 fully saturated rings. The molecule has 0 amide bonds. The van der Waals surface area contributed by atoms with Crippen LogP contribution in [0.5, 0.6) is 0 Å². The van der Waals surface area contributed by atoms with Crippen molar-refractivity contribution >= 4 is 11.4 Å². The number of rotatable bonds is 7. The molecule has 0 saturated heterocycles. The van der Waals surface area contributed by atoms with Gasteiger partial charge in [0.2, 0.25) is 0 Å².